The zero-order valence-electron chi connectivity index (χ0n) is 9.40. The molecule has 3 nitrogen and oxygen atoms in total. The van der Waals surface area contributed by atoms with Crippen LogP contribution >= 0.6 is 31.9 Å². The molecule has 5 heteroatoms. The van der Waals surface area contributed by atoms with Crippen LogP contribution in [0.25, 0.3) is 0 Å². The molecule has 0 aliphatic carbocycles. The van der Waals surface area contributed by atoms with Crippen LogP contribution in [0.2, 0.25) is 0 Å². The first kappa shape index (κ1) is 13.0. The fourth-order valence-electron chi connectivity index (χ4n) is 2.07. The molecule has 17 heavy (non-hydrogen) atoms. The van der Waals surface area contributed by atoms with E-state index < -0.39 is 0 Å². The maximum Gasteiger partial charge on any atom is 0.272 e. The average molecular weight is 362 g/mol. The van der Waals surface area contributed by atoms with Crippen LogP contribution in [-0.4, -0.2) is 34.2 Å². The first-order chi connectivity index (χ1) is 8.20. The van der Waals surface area contributed by atoms with Crippen LogP contribution in [0.5, 0.6) is 0 Å². The van der Waals surface area contributed by atoms with Crippen molar-refractivity contribution in [2.24, 2.45) is 5.92 Å². The quantitative estimate of drug-likeness (QED) is 0.775. The second kappa shape index (κ2) is 5.96. The third kappa shape index (κ3) is 3.28. The van der Waals surface area contributed by atoms with Crippen LogP contribution in [0.15, 0.2) is 22.8 Å². The maximum atomic E-state index is 12.1. The number of nitrogens with zero attached hydrogens (tertiary/aromatic N) is 2. The average Bonchev–Trinajstić information content (AvgIpc) is 2.78. The smallest absolute Gasteiger partial charge is 0.272 e. The second-order valence-corrected chi connectivity index (χ2v) is 5.95. The number of hydrogen-bond donors (Lipinski definition) is 0. The molecule has 1 aliphatic heterocycles. The highest BCUT2D eigenvalue weighted by Crippen LogP contribution is 2.22. The summed E-state index contributed by atoms with van der Waals surface area (Å²) in [7, 11) is 0. The number of carbonyl (C=O) groups is 1. The van der Waals surface area contributed by atoms with Gasteiger partial charge in [-0.3, -0.25) is 4.79 Å². The summed E-state index contributed by atoms with van der Waals surface area (Å²) in [6.07, 6.45) is 3.91. The van der Waals surface area contributed by atoms with Gasteiger partial charge in [0.2, 0.25) is 0 Å². The summed E-state index contributed by atoms with van der Waals surface area (Å²) in [5.74, 6) is 0.684. The van der Waals surface area contributed by atoms with Crippen LogP contribution in [0, 0.1) is 5.92 Å². The van der Waals surface area contributed by atoms with Crippen molar-refractivity contribution in [2.45, 2.75) is 12.8 Å². The highest BCUT2D eigenvalue weighted by atomic mass is 79.9. The SMILES string of the molecule is O=C(c1ccc(Br)cn1)N1CCC(CCBr)C1. The van der Waals surface area contributed by atoms with Crippen molar-refractivity contribution in [1.82, 2.24) is 9.88 Å². The zero-order chi connectivity index (χ0) is 12.3. The Morgan fingerprint density at radius 2 is 2.35 bits per heavy atom. The van der Waals surface area contributed by atoms with Crippen molar-refractivity contribution in [3.8, 4) is 0 Å². The normalized spacial score (nSPS) is 19.6. The Bertz CT molecular complexity index is 394. The molecule has 1 atom stereocenters. The molecular formula is C12H14Br2N2O. The molecule has 0 spiro atoms. The molecule has 1 aromatic rings. The number of carbonyl (C=O) groups excluding carboxylic acids is 1. The fraction of sp³-hybridized carbons (Fsp3) is 0.500. The standard InChI is InChI=1S/C12H14Br2N2O/c13-5-3-9-4-6-16(8-9)12(17)11-2-1-10(14)7-15-11/h1-2,7,9H,3-6,8H2. The highest BCUT2D eigenvalue weighted by molar-refractivity contribution is 9.10. The zero-order valence-corrected chi connectivity index (χ0v) is 12.6. The molecule has 1 saturated heterocycles. The number of amides is 1. The summed E-state index contributed by atoms with van der Waals surface area (Å²) in [5.41, 5.74) is 0.535. The number of likely N-dealkylation sites (tertiary alicyclic amines) is 1. The number of halogens is 2. The Balaban J connectivity index is 1.99. The summed E-state index contributed by atoms with van der Waals surface area (Å²) in [5, 5.41) is 1.01. The van der Waals surface area contributed by atoms with E-state index in [0.29, 0.717) is 11.6 Å². The predicted octanol–water partition coefficient (Wildman–Crippen LogP) is 3.09. The number of pyridine rings is 1. The molecule has 1 aliphatic rings. The molecule has 1 amide bonds. The highest BCUT2D eigenvalue weighted by Gasteiger charge is 2.26. The molecule has 0 radical (unpaired) electrons. The van der Waals surface area contributed by atoms with Gasteiger partial charge in [0.25, 0.3) is 5.91 Å². The Morgan fingerprint density at radius 1 is 1.53 bits per heavy atom. The van der Waals surface area contributed by atoms with Gasteiger partial charge in [-0.2, -0.15) is 0 Å². The summed E-state index contributed by atoms with van der Waals surface area (Å²) in [4.78, 5) is 18.2. The third-order valence-electron chi connectivity index (χ3n) is 3.04. The van der Waals surface area contributed by atoms with E-state index in [0.717, 1.165) is 35.7 Å². The lowest BCUT2D eigenvalue weighted by atomic mass is 10.1. The first-order valence-electron chi connectivity index (χ1n) is 5.67. The molecule has 0 bridgehead atoms. The van der Waals surface area contributed by atoms with Gasteiger partial charge in [0.1, 0.15) is 5.69 Å². The Hall–Kier alpha value is -0.420. The van der Waals surface area contributed by atoms with Gasteiger partial charge in [0, 0.05) is 29.1 Å². The Morgan fingerprint density at radius 3 is 3.00 bits per heavy atom. The Labute approximate surface area is 118 Å². The van der Waals surface area contributed by atoms with Crippen LogP contribution in [-0.2, 0) is 0 Å². The lowest BCUT2D eigenvalue weighted by molar-refractivity contribution is 0.0781. The monoisotopic (exact) mass is 360 g/mol. The molecule has 1 fully saturated rings. The van der Waals surface area contributed by atoms with Crippen molar-refractivity contribution in [3.05, 3.63) is 28.5 Å². The van der Waals surface area contributed by atoms with E-state index in [1.54, 1.807) is 12.3 Å². The van der Waals surface area contributed by atoms with Crippen LogP contribution in [0.1, 0.15) is 23.3 Å². The molecular weight excluding hydrogens is 348 g/mol. The molecule has 1 unspecified atom stereocenters. The molecule has 1 aromatic heterocycles. The van der Waals surface area contributed by atoms with Crippen LogP contribution in [0.3, 0.4) is 0 Å². The van der Waals surface area contributed by atoms with Gasteiger partial charge in [0.05, 0.1) is 0 Å². The van der Waals surface area contributed by atoms with Crippen molar-refractivity contribution in [2.75, 3.05) is 18.4 Å². The minimum absolute atomic E-state index is 0.0505. The molecule has 2 heterocycles. The molecule has 2 rings (SSSR count). The summed E-state index contributed by atoms with van der Waals surface area (Å²) >= 11 is 6.76. The van der Waals surface area contributed by atoms with Gasteiger partial charge >= 0.3 is 0 Å². The van der Waals surface area contributed by atoms with E-state index in [9.17, 15) is 4.79 Å². The minimum atomic E-state index is 0.0505. The maximum absolute atomic E-state index is 12.1. The van der Waals surface area contributed by atoms with Gasteiger partial charge in [0.15, 0.2) is 0 Å². The summed E-state index contributed by atoms with van der Waals surface area (Å²) < 4.78 is 0.896. The van der Waals surface area contributed by atoms with Crippen molar-refractivity contribution >= 4 is 37.8 Å². The summed E-state index contributed by atoms with van der Waals surface area (Å²) in [6.45, 7) is 1.72. The predicted molar refractivity (Wildman–Crippen MR) is 74.4 cm³/mol. The van der Waals surface area contributed by atoms with Gasteiger partial charge < -0.3 is 4.90 Å². The lowest BCUT2D eigenvalue weighted by Crippen LogP contribution is -2.29. The van der Waals surface area contributed by atoms with Gasteiger partial charge in [-0.1, -0.05) is 15.9 Å². The van der Waals surface area contributed by atoms with E-state index in [1.165, 1.54) is 0 Å². The van der Waals surface area contributed by atoms with Gasteiger partial charge in [-0.15, -0.1) is 0 Å². The van der Waals surface area contributed by atoms with E-state index in [4.69, 9.17) is 0 Å². The largest absolute Gasteiger partial charge is 0.337 e. The van der Waals surface area contributed by atoms with Crippen LogP contribution in [0.4, 0.5) is 0 Å². The number of hydrogen-bond acceptors (Lipinski definition) is 2. The second-order valence-electron chi connectivity index (χ2n) is 4.25. The Kier molecular flexibility index (Phi) is 4.56. The van der Waals surface area contributed by atoms with Crippen LogP contribution < -0.4 is 0 Å². The number of aromatic nitrogens is 1. The van der Waals surface area contributed by atoms with Crippen molar-refractivity contribution in [1.29, 1.82) is 0 Å². The lowest BCUT2D eigenvalue weighted by Gasteiger charge is -2.15. The van der Waals surface area contributed by atoms with Gasteiger partial charge in [-0.25, -0.2) is 4.98 Å². The van der Waals surface area contributed by atoms with Crippen molar-refractivity contribution < 1.29 is 4.79 Å². The summed E-state index contributed by atoms with van der Waals surface area (Å²) in [6, 6.07) is 3.62. The number of rotatable bonds is 3. The molecule has 0 aromatic carbocycles. The van der Waals surface area contributed by atoms with E-state index in [1.807, 2.05) is 11.0 Å². The van der Waals surface area contributed by atoms with Crippen molar-refractivity contribution in [3.63, 3.8) is 0 Å². The third-order valence-corrected chi connectivity index (χ3v) is 3.96. The van der Waals surface area contributed by atoms with Gasteiger partial charge in [-0.05, 0) is 46.8 Å². The first-order valence-corrected chi connectivity index (χ1v) is 7.59. The molecule has 0 saturated carbocycles. The van der Waals surface area contributed by atoms with E-state index in [-0.39, 0.29) is 5.91 Å². The van der Waals surface area contributed by atoms with E-state index >= 15 is 0 Å². The minimum Gasteiger partial charge on any atom is -0.337 e. The molecule has 0 N–H and O–H groups in total. The topological polar surface area (TPSA) is 33.2 Å². The number of alkyl halides is 1. The van der Waals surface area contributed by atoms with E-state index in [2.05, 4.69) is 36.8 Å². The fourth-order valence-corrected chi connectivity index (χ4v) is 2.95. The molecule has 92 valence electrons.